The molecule has 0 atom stereocenters. The molecule has 0 aliphatic carbocycles. The fourth-order valence-electron chi connectivity index (χ4n) is 4.23. The van der Waals surface area contributed by atoms with Gasteiger partial charge in [-0.3, -0.25) is 9.59 Å². The molecule has 3 aromatic rings. The van der Waals surface area contributed by atoms with Gasteiger partial charge in [0.25, 0.3) is 5.91 Å². The molecule has 12 heteroatoms. The number of nitrogens with one attached hydrogen (secondary N) is 2. The van der Waals surface area contributed by atoms with E-state index in [0.29, 0.717) is 23.0 Å². The van der Waals surface area contributed by atoms with Crippen molar-refractivity contribution in [3.05, 3.63) is 65.4 Å². The summed E-state index contributed by atoms with van der Waals surface area (Å²) in [6.45, 7) is 3.49. The first-order valence-corrected chi connectivity index (χ1v) is 12.8. The number of amides is 1. The van der Waals surface area contributed by atoms with Crippen LogP contribution in [0, 0.1) is 0 Å². The number of carbonyl (C=O) groups is 2. The van der Waals surface area contributed by atoms with Crippen molar-refractivity contribution < 1.29 is 32.2 Å². The first kappa shape index (κ1) is 28.8. The van der Waals surface area contributed by atoms with E-state index in [0.717, 1.165) is 25.9 Å². The van der Waals surface area contributed by atoms with Crippen molar-refractivity contribution in [1.29, 1.82) is 0 Å². The molecule has 1 amide bonds. The number of methoxy groups -OCH3 is 1. The number of alkyl halides is 3. The average Bonchev–Trinajstić information content (AvgIpc) is 2.93. The van der Waals surface area contributed by atoms with Gasteiger partial charge in [-0.1, -0.05) is 19.1 Å². The monoisotopic (exact) mass is 557 g/mol. The van der Waals surface area contributed by atoms with Crippen LogP contribution in [0.2, 0.25) is 0 Å². The number of hydrogen-bond donors (Lipinski definition) is 2. The highest BCUT2D eigenvalue weighted by Crippen LogP contribution is 2.38. The van der Waals surface area contributed by atoms with Gasteiger partial charge in [-0.2, -0.15) is 18.2 Å². The summed E-state index contributed by atoms with van der Waals surface area (Å²) in [6, 6.07) is 10.6. The van der Waals surface area contributed by atoms with Crippen molar-refractivity contribution in [2.24, 2.45) is 0 Å². The Kier molecular flexibility index (Phi) is 8.88. The van der Waals surface area contributed by atoms with Gasteiger partial charge in [0.1, 0.15) is 17.1 Å². The molecule has 2 N–H and O–H groups in total. The van der Waals surface area contributed by atoms with Gasteiger partial charge in [0.15, 0.2) is 5.78 Å². The topological polar surface area (TPSA) is 106 Å². The summed E-state index contributed by atoms with van der Waals surface area (Å²) in [5.74, 6) is -1.06. The molecule has 0 spiro atoms. The largest absolute Gasteiger partial charge is 0.495 e. The predicted molar refractivity (Wildman–Crippen MR) is 142 cm³/mol. The second kappa shape index (κ2) is 12.3. The Morgan fingerprint density at radius 2 is 1.85 bits per heavy atom. The molecule has 1 aliphatic heterocycles. The number of piperidine rings is 1. The summed E-state index contributed by atoms with van der Waals surface area (Å²) in [5.41, 5.74) is -0.163. The summed E-state index contributed by atoms with van der Waals surface area (Å²) in [4.78, 5) is 34.8. The van der Waals surface area contributed by atoms with E-state index in [4.69, 9.17) is 9.47 Å². The minimum Gasteiger partial charge on any atom is -0.495 e. The van der Waals surface area contributed by atoms with Crippen molar-refractivity contribution in [3.63, 3.8) is 0 Å². The molecular weight excluding hydrogens is 527 g/mol. The molecule has 1 aliphatic rings. The molecule has 4 rings (SSSR count). The lowest BCUT2D eigenvalue weighted by Crippen LogP contribution is -2.43. The lowest BCUT2D eigenvalue weighted by atomic mass is 10.0. The van der Waals surface area contributed by atoms with E-state index in [9.17, 15) is 22.8 Å². The van der Waals surface area contributed by atoms with E-state index in [-0.39, 0.29) is 41.6 Å². The molecule has 2 aromatic carbocycles. The normalized spacial score (nSPS) is 14.4. The molecule has 1 fully saturated rings. The zero-order chi connectivity index (χ0) is 28.9. The summed E-state index contributed by atoms with van der Waals surface area (Å²) in [7, 11) is 3.45. The summed E-state index contributed by atoms with van der Waals surface area (Å²) in [5, 5.41) is 5.86. The third-order valence-electron chi connectivity index (χ3n) is 6.51. The van der Waals surface area contributed by atoms with Crippen LogP contribution in [-0.2, 0) is 6.18 Å². The Hall–Kier alpha value is -4.19. The lowest BCUT2D eigenvalue weighted by Gasteiger charge is -2.29. The fraction of sp³-hybridized carbons (Fsp3) is 0.357. The molecule has 0 saturated carbocycles. The number of nitrogens with zero attached hydrogens (tertiary/aromatic N) is 3. The SMILES string of the molecule is CCC(=O)c1cccc(Oc2nc(Nc3ccc(C(=O)NC4CCN(C)CC4)cc3OC)ncc2C(F)(F)F)c1. The maximum atomic E-state index is 13.7. The fourth-order valence-corrected chi connectivity index (χ4v) is 4.23. The van der Waals surface area contributed by atoms with Gasteiger partial charge in [0.2, 0.25) is 11.8 Å². The lowest BCUT2D eigenvalue weighted by molar-refractivity contribution is -0.139. The zero-order valence-corrected chi connectivity index (χ0v) is 22.3. The van der Waals surface area contributed by atoms with Crippen LogP contribution in [0.4, 0.5) is 24.8 Å². The number of carbonyl (C=O) groups excluding carboxylic acids is 2. The summed E-state index contributed by atoms with van der Waals surface area (Å²) >= 11 is 0. The number of hydrogen-bond acceptors (Lipinski definition) is 8. The van der Waals surface area contributed by atoms with E-state index in [2.05, 4.69) is 25.5 Å². The van der Waals surface area contributed by atoms with Crippen molar-refractivity contribution >= 4 is 23.3 Å². The number of anilines is 2. The van der Waals surface area contributed by atoms with Gasteiger partial charge in [-0.05, 0) is 63.3 Å². The molecule has 0 bridgehead atoms. The van der Waals surface area contributed by atoms with Crippen LogP contribution in [0.25, 0.3) is 0 Å². The van der Waals surface area contributed by atoms with Gasteiger partial charge in [0.05, 0.1) is 12.8 Å². The minimum atomic E-state index is -4.79. The molecule has 0 unspecified atom stereocenters. The smallest absolute Gasteiger partial charge is 0.423 e. The Balaban J connectivity index is 1.56. The van der Waals surface area contributed by atoms with Crippen LogP contribution in [0.3, 0.4) is 0 Å². The molecule has 9 nitrogen and oxygen atoms in total. The van der Waals surface area contributed by atoms with E-state index < -0.39 is 17.6 Å². The van der Waals surface area contributed by atoms with E-state index in [1.165, 1.54) is 31.4 Å². The number of Topliss-reactive ketones (excluding diaryl/α,β-unsaturated/α-hetero) is 1. The van der Waals surface area contributed by atoms with Crippen molar-refractivity contribution in [3.8, 4) is 17.4 Å². The van der Waals surface area contributed by atoms with E-state index in [1.54, 1.807) is 25.1 Å². The molecule has 1 aromatic heterocycles. The summed E-state index contributed by atoms with van der Waals surface area (Å²) in [6.07, 6.45) is -2.23. The minimum absolute atomic E-state index is 0.0204. The third kappa shape index (κ3) is 7.06. The van der Waals surface area contributed by atoms with E-state index >= 15 is 0 Å². The maximum Gasteiger partial charge on any atom is 0.423 e. The number of benzene rings is 2. The standard InChI is InChI=1S/C28H30F3N5O4/c1-4-23(37)17-6-5-7-20(14-17)40-26-21(28(29,30)31)16-32-27(35-26)34-22-9-8-18(15-24(22)39-3)25(38)33-19-10-12-36(2)13-11-19/h5-9,14-16,19H,4,10-13H2,1-3H3,(H,33,38)(H,32,34,35). The van der Waals surface area contributed by atoms with Crippen LogP contribution in [0.15, 0.2) is 48.7 Å². The predicted octanol–water partition coefficient (Wildman–Crippen LogP) is 5.46. The van der Waals surface area contributed by atoms with Crippen LogP contribution >= 0.6 is 0 Å². The number of rotatable bonds is 9. The second-order valence-electron chi connectivity index (χ2n) is 9.41. The number of ether oxygens (including phenoxy) is 2. The zero-order valence-electron chi connectivity index (χ0n) is 22.3. The number of ketones is 1. The quantitative estimate of drug-likeness (QED) is 0.335. The van der Waals surface area contributed by atoms with Crippen molar-refractivity contribution in [1.82, 2.24) is 20.2 Å². The van der Waals surface area contributed by atoms with Crippen molar-refractivity contribution in [2.75, 3.05) is 32.6 Å². The summed E-state index contributed by atoms with van der Waals surface area (Å²) < 4.78 is 52.0. The third-order valence-corrected chi connectivity index (χ3v) is 6.51. The Labute approximate surface area is 229 Å². The molecule has 212 valence electrons. The van der Waals surface area contributed by atoms with Gasteiger partial charge in [-0.15, -0.1) is 0 Å². The molecule has 2 heterocycles. The second-order valence-corrected chi connectivity index (χ2v) is 9.41. The Morgan fingerprint density at radius 3 is 2.52 bits per heavy atom. The van der Waals surface area contributed by atoms with Crippen molar-refractivity contribution in [2.45, 2.75) is 38.4 Å². The van der Waals surface area contributed by atoms with Gasteiger partial charge >= 0.3 is 6.18 Å². The van der Waals surface area contributed by atoms with E-state index in [1.807, 2.05) is 7.05 Å². The number of halogens is 3. The Bertz CT molecular complexity index is 1370. The highest BCUT2D eigenvalue weighted by molar-refractivity contribution is 5.96. The highest BCUT2D eigenvalue weighted by atomic mass is 19.4. The van der Waals surface area contributed by atoms with Gasteiger partial charge in [-0.25, -0.2) is 4.98 Å². The molecule has 0 radical (unpaired) electrons. The first-order chi connectivity index (χ1) is 19.1. The molecular formula is C28H30F3N5O4. The Morgan fingerprint density at radius 1 is 1.10 bits per heavy atom. The van der Waals surface area contributed by atoms with Crippen LogP contribution < -0.4 is 20.1 Å². The van der Waals surface area contributed by atoms with Gasteiger partial charge < -0.3 is 25.0 Å². The average molecular weight is 558 g/mol. The van der Waals surface area contributed by atoms with Crippen LogP contribution in [0.1, 0.15) is 52.5 Å². The highest BCUT2D eigenvalue weighted by Gasteiger charge is 2.36. The maximum absolute atomic E-state index is 13.7. The van der Waals surface area contributed by atoms with Gasteiger partial charge in [0, 0.05) is 29.8 Å². The van der Waals surface area contributed by atoms with Crippen LogP contribution in [0.5, 0.6) is 17.4 Å². The molecule has 40 heavy (non-hydrogen) atoms. The van der Waals surface area contributed by atoms with Crippen LogP contribution in [-0.4, -0.2) is 59.8 Å². The first-order valence-electron chi connectivity index (χ1n) is 12.8. The molecule has 1 saturated heterocycles. The number of likely N-dealkylation sites (tertiary alicyclic amines) is 1. The number of aromatic nitrogens is 2.